The summed E-state index contributed by atoms with van der Waals surface area (Å²) in [6, 6.07) is 0. The molecule has 18 heavy (non-hydrogen) atoms. The molecule has 1 rings (SSSR count). The molecule has 1 heterocycles. The molecule has 1 saturated heterocycles. The van der Waals surface area contributed by atoms with Crippen LogP contribution in [-0.2, 0) is 19.2 Å². The minimum atomic E-state index is -1.08. The van der Waals surface area contributed by atoms with Gasteiger partial charge in [0.05, 0.1) is 0 Å². The van der Waals surface area contributed by atoms with Gasteiger partial charge >= 0.3 is 5.97 Å². The van der Waals surface area contributed by atoms with Crippen molar-refractivity contribution < 1.29 is 24.3 Å². The minimum absolute atomic E-state index is 0.0292. The third-order valence-electron chi connectivity index (χ3n) is 2.76. The Labute approximate surface area is 104 Å². The van der Waals surface area contributed by atoms with E-state index in [1.165, 1.54) is 4.90 Å². The van der Waals surface area contributed by atoms with Gasteiger partial charge < -0.3 is 10.0 Å². The molecule has 0 aromatic heterocycles. The molecule has 100 valence electrons. The molecular formula is C11H16N2O5. The second-order valence-electron chi connectivity index (χ2n) is 3.99. The molecule has 0 spiro atoms. The van der Waals surface area contributed by atoms with Crippen LogP contribution in [0.4, 0.5) is 0 Å². The standard InChI is InChI=1S/C11H16N2O5/c1-2-12(7-11(17)18)8(14)5-6-13-9(15)3-4-10(13)16/h2-7H2,1H3,(H,17,18). The molecule has 0 aromatic carbocycles. The molecule has 1 aliphatic rings. The molecule has 0 bridgehead atoms. The Bertz CT molecular complexity index is 364. The first-order chi connectivity index (χ1) is 8.45. The van der Waals surface area contributed by atoms with Crippen LogP contribution in [0.2, 0.25) is 0 Å². The smallest absolute Gasteiger partial charge is 0.323 e. The molecule has 0 radical (unpaired) electrons. The first-order valence-electron chi connectivity index (χ1n) is 5.78. The van der Waals surface area contributed by atoms with Gasteiger partial charge in [0, 0.05) is 32.4 Å². The molecule has 0 saturated carbocycles. The van der Waals surface area contributed by atoms with Gasteiger partial charge in [0.25, 0.3) is 0 Å². The highest BCUT2D eigenvalue weighted by Crippen LogP contribution is 2.12. The van der Waals surface area contributed by atoms with Crippen LogP contribution in [0.15, 0.2) is 0 Å². The second kappa shape index (κ2) is 6.13. The number of carbonyl (C=O) groups excluding carboxylic acids is 3. The maximum Gasteiger partial charge on any atom is 0.323 e. The molecule has 0 atom stereocenters. The van der Waals surface area contributed by atoms with Crippen molar-refractivity contribution in [3.63, 3.8) is 0 Å². The number of nitrogens with zero attached hydrogens (tertiary/aromatic N) is 2. The highest BCUT2D eigenvalue weighted by Gasteiger charge is 2.29. The molecule has 7 nitrogen and oxygen atoms in total. The number of likely N-dealkylation sites (N-methyl/N-ethyl adjacent to an activating group) is 1. The number of carboxylic acids is 1. The van der Waals surface area contributed by atoms with Crippen molar-refractivity contribution in [2.45, 2.75) is 26.2 Å². The number of amides is 3. The van der Waals surface area contributed by atoms with E-state index in [2.05, 4.69) is 0 Å². The Morgan fingerprint density at radius 2 is 1.83 bits per heavy atom. The Morgan fingerprint density at radius 3 is 2.28 bits per heavy atom. The number of rotatable bonds is 6. The van der Waals surface area contributed by atoms with Gasteiger partial charge in [0.15, 0.2) is 0 Å². The normalized spacial score (nSPS) is 15.1. The summed E-state index contributed by atoms with van der Waals surface area (Å²) in [6.07, 6.45) is 0.359. The van der Waals surface area contributed by atoms with E-state index in [0.29, 0.717) is 0 Å². The van der Waals surface area contributed by atoms with Gasteiger partial charge in [-0.15, -0.1) is 0 Å². The highest BCUT2D eigenvalue weighted by atomic mass is 16.4. The van der Waals surface area contributed by atoms with Gasteiger partial charge in [-0.1, -0.05) is 0 Å². The number of hydrogen-bond acceptors (Lipinski definition) is 4. The van der Waals surface area contributed by atoms with Crippen molar-refractivity contribution in [2.24, 2.45) is 0 Å². The Kier molecular flexibility index (Phi) is 4.82. The van der Waals surface area contributed by atoms with Gasteiger partial charge in [-0.3, -0.25) is 24.1 Å². The summed E-state index contributed by atoms with van der Waals surface area (Å²) in [6.45, 7) is 1.63. The monoisotopic (exact) mass is 256 g/mol. The summed E-state index contributed by atoms with van der Waals surface area (Å²) in [5, 5.41) is 8.62. The maximum atomic E-state index is 11.7. The van der Waals surface area contributed by atoms with E-state index < -0.39 is 5.97 Å². The fraction of sp³-hybridized carbons (Fsp3) is 0.636. The minimum Gasteiger partial charge on any atom is -0.480 e. The van der Waals surface area contributed by atoms with Crippen molar-refractivity contribution >= 4 is 23.7 Å². The van der Waals surface area contributed by atoms with Gasteiger partial charge in [-0.25, -0.2) is 0 Å². The number of likely N-dealkylation sites (tertiary alicyclic amines) is 1. The summed E-state index contributed by atoms with van der Waals surface area (Å²) in [7, 11) is 0. The van der Waals surface area contributed by atoms with E-state index in [1.54, 1.807) is 6.92 Å². The van der Waals surface area contributed by atoms with Crippen LogP contribution in [0.5, 0.6) is 0 Å². The van der Waals surface area contributed by atoms with E-state index in [4.69, 9.17) is 5.11 Å². The first-order valence-corrected chi connectivity index (χ1v) is 5.78. The van der Waals surface area contributed by atoms with Crippen LogP contribution >= 0.6 is 0 Å². The molecule has 0 unspecified atom stereocenters. The lowest BCUT2D eigenvalue weighted by atomic mass is 10.3. The molecule has 7 heteroatoms. The largest absolute Gasteiger partial charge is 0.480 e. The van der Waals surface area contributed by atoms with E-state index in [0.717, 1.165) is 4.90 Å². The van der Waals surface area contributed by atoms with Crippen LogP contribution in [0, 0.1) is 0 Å². The van der Waals surface area contributed by atoms with Crippen LogP contribution in [0.25, 0.3) is 0 Å². The molecule has 1 N–H and O–H groups in total. The zero-order valence-electron chi connectivity index (χ0n) is 10.2. The summed E-state index contributed by atoms with van der Waals surface area (Å²) >= 11 is 0. The molecule has 3 amide bonds. The van der Waals surface area contributed by atoms with Gasteiger partial charge in [-0.05, 0) is 6.92 Å². The number of carboxylic acid groups (broad SMARTS) is 1. The van der Waals surface area contributed by atoms with E-state index >= 15 is 0 Å². The predicted octanol–water partition coefficient (Wildman–Crippen LogP) is -0.541. The molecule has 0 aliphatic carbocycles. The number of imide groups is 1. The van der Waals surface area contributed by atoms with Crippen LogP contribution in [-0.4, -0.2) is 58.2 Å². The topological polar surface area (TPSA) is 95.0 Å². The fourth-order valence-electron chi connectivity index (χ4n) is 1.78. The quantitative estimate of drug-likeness (QED) is 0.644. The molecule has 0 aromatic rings. The molecular weight excluding hydrogens is 240 g/mol. The van der Waals surface area contributed by atoms with Crippen molar-refractivity contribution in [1.29, 1.82) is 0 Å². The van der Waals surface area contributed by atoms with Crippen molar-refractivity contribution in [3.8, 4) is 0 Å². The Hall–Kier alpha value is -1.92. The summed E-state index contributed by atoms with van der Waals surface area (Å²) < 4.78 is 0. The van der Waals surface area contributed by atoms with Crippen LogP contribution in [0.3, 0.4) is 0 Å². The van der Waals surface area contributed by atoms with E-state index in [-0.39, 0.29) is 56.6 Å². The Morgan fingerprint density at radius 1 is 1.28 bits per heavy atom. The lowest BCUT2D eigenvalue weighted by molar-refractivity contribution is -0.145. The summed E-state index contributed by atoms with van der Waals surface area (Å²) in [4.78, 5) is 47.1. The second-order valence-corrected chi connectivity index (χ2v) is 3.99. The van der Waals surface area contributed by atoms with Gasteiger partial charge in [0.1, 0.15) is 6.54 Å². The zero-order chi connectivity index (χ0) is 13.7. The first kappa shape index (κ1) is 14.1. The third-order valence-corrected chi connectivity index (χ3v) is 2.76. The van der Waals surface area contributed by atoms with Crippen LogP contribution in [0.1, 0.15) is 26.2 Å². The van der Waals surface area contributed by atoms with Gasteiger partial charge in [-0.2, -0.15) is 0 Å². The predicted molar refractivity (Wildman–Crippen MR) is 60.5 cm³/mol. The Balaban J connectivity index is 2.46. The lowest BCUT2D eigenvalue weighted by Crippen LogP contribution is -2.38. The van der Waals surface area contributed by atoms with Crippen molar-refractivity contribution in [3.05, 3.63) is 0 Å². The fourth-order valence-corrected chi connectivity index (χ4v) is 1.78. The number of carbonyl (C=O) groups is 4. The SMILES string of the molecule is CCN(CC(=O)O)C(=O)CCN1C(=O)CCC1=O. The third kappa shape index (κ3) is 3.54. The average molecular weight is 256 g/mol. The number of hydrogen-bond donors (Lipinski definition) is 1. The number of aliphatic carboxylic acids is 1. The highest BCUT2D eigenvalue weighted by molar-refractivity contribution is 6.02. The maximum absolute atomic E-state index is 11.7. The van der Waals surface area contributed by atoms with E-state index in [9.17, 15) is 19.2 Å². The molecule has 1 fully saturated rings. The van der Waals surface area contributed by atoms with Crippen molar-refractivity contribution in [2.75, 3.05) is 19.6 Å². The molecule has 1 aliphatic heterocycles. The van der Waals surface area contributed by atoms with E-state index in [1.807, 2.05) is 0 Å². The summed E-state index contributed by atoms with van der Waals surface area (Å²) in [5.74, 6) is -1.99. The van der Waals surface area contributed by atoms with Crippen LogP contribution < -0.4 is 0 Å². The zero-order valence-corrected chi connectivity index (χ0v) is 10.2. The van der Waals surface area contributed by atoms with Gasteiger partial charge in [0.2, 0.25) is 17.7 Å². The lowest BCUT2D eigenvalue weighted by Gasteiger charge is -2.20. The average Bonchev–Trinajstić information content (AvgIpc) is 2.63. The summed E-state index contributed by atoms with van der Waals surface area (Å²) in [5.41, 5.74) is 0. The van der Waals surface area contributed by atoms with Crippen molar-refractivity contribution in [1.82, 2.24) is 9.80 Å².